The molecule has 2 unspecified atom stereocenters. The molecule has 0 aromatic heterocycles. The largest absolute Gasteiger partial charge is 0.116 e. The molecule has 0 nitrogen and oxygen atoms in total. The smallest absolute Gasteiger partial charge is 0.0797 e. The molecule has 0 bridgehead atoms. The van der Waals surface area contributed by atoms with Gasteiger partial charge in [0.15, 0.2) is 0 Å². The Morgan fingerprint density at radius 2 is 2.18 bits per heavy atom. The molecule has 1 heterocycles. The fourth-order valence-corrected chi connectivity index (χ4v) is 5.57. The standard InChI is InChI=1S/C7H10Br3P/c1-5-3-6(2)7(8,9)11(10)4-5/h3,6H,4H2,1-2H3. The van der Waals surface area contributed by atoms with Gasteiger partial charge in [-0.05, 0) is 13.5 Å². The van der Waals surface area contributed by atoms with Crippen LogP contribution in [0.25, 0.3) is 0 Å². The van der Waals surface area contributed by atoms with Crippen LogP contribution in [0.15, 0.2) is 11.6 Å². The highest BCUT2D eigenvalue weighted by Crippen LogP contribution is 2.69. The maximum absolute atomic E-state index is 3.72. The van der Waals surface area contributed by atoms with Gasteiger partial charge in [-0.15, -0.1) is 0 Å². The molecule has 1 rings (SSSR count). The van der Waals surface area contributed by atoms with Crippen molar-refractivity contribution in [1.82, 2.24) is 0 Å². The first kappa shape index (κ1) is 10.7. The molecule has 0 saturated heterocycles. The first-order valence-corrected chi connectivity index (χ1v) is 8.56. The van der Waals surface area contributed by atoms with Gasteiger partial charge in [-0.3, -0.25) is 0 Å². The second-order valence-electron chi connectivity index (χ2n) is 2.91. The minimum atomic E-state index is -0.136. The zero-order chi connectivity index (χ0) is 8.65. The highest BCUT2D eigenvalue weighted by atomic mass is 79.9. The number of hydrogen-bond acceptors (Lipinski definition) is 0. The predicted molar refractivity (Wildman–Crippen MR) is 64.2 cm³/mol. The van der Waals surface area contributed by atoms with E-state index >= 15 is 0 Å². The lowest BCUT2D eigenvalue weighted by Crippen LogP contribution is -2.21. The molecule has 4 heteroatoms. The third-order valence-electron chi connectivity index (χ3n) is 1.79. The van der Waals surface area contributed by atoms with Gasteiger partial charge in [-0.25, -0.2) is 0 Å². The normalized spacial score (nSPS) is 36.6. The Labute approximate surface area is 93.9 Å². The van der Waals surface area contributed by atoms with Crippen molar-refractivity contribution in [1.29, 1.82) is 0 Å². The molecule has 0 spiro atoms. The first-order chi connectivity index (χ1) is 4.94. The Balaban J connectivity index is 2.87. The Kier molecular flexibility index (Phi) is 3.67. The van der Waals surface area contributed by atoms with Crippen LogP contribution in [0.3, 0.4) is 0 Å². The zero-order valence-corrected chi connectivity index (χ0v) is 12.1. The van der Waals surface area contributed by atoms with E-state index in [4.69, 9.17) is 0 Å². The highest BCUT2D eigenvalue weighted by Gasteiger charge is 2.39. The van der Waals surface area contributed by atoms with Gasteiger partial charge in [-0.1, -0.05) is 65.9 Å². The van der Waals surface area contributed by atoms with Crippen LogP contribution in [0.2, 0.25) is 0 Å². The van der Waals surface area contributed by atoms with Crippen molar-refractivity contribution in [2.24, 2.45) is 5.92 Å². The van der Waals surface area contributed by atoms with E-state index in [0.29, 0.717) is 5.92 Å². The minimum Gasteiger partial charge on any atom is -0.0797 e. The third-order valence-corrected chi connectivity index (χ3v) is 12.9. The van der Waals surface area contributed by atoms with Gasteiger partial charge >= 0.3 is 0 Å². The summed E-state index contributed by atoms with van der Waals surface area (Å²) in [4.78, 5) is 0. The van der Waals surface area contributed by atoms with Crippen LogP contribution in [0.4, 0.5) is 0 Å². The molecule has 0 radical (unpaired) electrons. The number of rotatable bonds is 0. The van der Waals surface area contributed by atoms with Gasteiger partial charge in [0, 0.05) is 12.1 Å². The molecule has 0 amide bonds. The molecule has 0 aliphatic carbocycles. The summed E-state index contributed by atoms with van der Waals surface area (Å²) in [6.45, 7) is 4.29. The molecular formula is C7H10Br3P. The van der Waals surface area contributed by atoms with E-state index in [1.54, 1.807) is 0 Å². The van der Waals surface area contributed by atoms with E-state index in [2.05, 4.69) is 67.3 Å². The van der Waals surface area contributed by atoms with Crippen molar-refractivity contribution in [3.05, 3.63) is 11.6 Å². The molecule has 0 aromatic carbocycles. The first-order valence-electron chi connectivity index (χ1n) is 3.43. The lowest BCUT2D eigenvalue weighted by molar-refractivity contribution is 0.771. The zero-order valence-electron chi connectivity index (χ0n) is 6.44. The van der Waals surface area contributed by atoms with E-state index in [1.807, 2.05) is 0 Å². The number of hydrogen-bond donors (Lipinski definition) is 0. The quantitative estimate of drug-likeness (QED) is 0.328. The van der Waals surface area contributed by atoms with Crippen molar-refractivity contribution in [2.75, 3.05) is 6.16 Å². The summed E-state index contributed by atoms with van der Waals surface area (Å²) in [6.07, 6.45) is 3.50. The predicted octanol–water partition coefficient (Wildman–Crippen LogP) is 4.82. The number of halogens is 3. The summed E-state index contributed by atoms with van der Waals surface area (Å²) >= 11 is 11.1. The van der Waals surface area contributed by atoms with E-state index in [-0.39, 0.29) is 9.60 Å². The Hall–Kier alpha value is 1.61. The molecule has 1 aliphatic heterocycles. The average Bonchev–Trinajstić information content (AvgIpc) is 1.84. The summed E-state index contributed by atoms with van der Waals surface area (Å²) in [7, 11) is 0. The van der Waals surface area contributed by atoms with Gasteiger partial charge in [0.05, 0.1) is 0 Å². The van der Waals surface area contributed by atoms with E-state index in [1.165, 1.54) is 11.7 Å². The topological polar surface area (TPSA) is 0 Å². The van der Waals surface area contributed by atoms with Gasteiger partial charge in [0.25, 0.3) is 0 Å². The van der Waals surface area contributed by atoms with Crippen LogP contribution in [0.1, 0.15) is 13.8 Å². The summed E-state index contributed by atoms with van der Waals surface area (Å²) in [5.41, 5.74) is 1.50. The molecule has 64 valence electrons. The molecule has 0 aromatic rings. The summed E-state index contributed by atoms with van der Waals surface area (Å²) < 4.78 is 0.106. The van der Waals surface area contributed by atoms with Crippen molar-refractivity contribution in [3.8, 4) is 0 Å². The second-order valence-corrected chi connectivity index (χ2v) is 12.0. The van der Waals surface area contributed by atoms with Crippen LogP contribution < -0.4 is 0 Å². The lowest BCUT2D eigenvalue weighted by atomic mass is 10.1. The van der Waals surface area contributed by atoms with E-state index in [0.717, 1.165) is 0 Å². The van der Waals surface area contributed by atoms with Crippen LogP contribution in [0.5, 0.6) is 0 Å². The summed E-state index contributed by atoms with van der Waals surface area (Å²) in [6, 6.07) is 0. The van der Waals surface area contributed by atoms with Gasteiger partial charge in [-0.2, -0.15) is 0 Å². The maximum atomic E-state index is 3.72. The Morgan fingerprint density at radius 1 is 1.64 bits per heavy atom. The van der Waals surface area contributed by atoms with Crippen molar-refractivity contribution < 1.29 is 0 Å². The molecule has 11 heavy (non-hydrogen) atoms. The Morgan fingerprint density at radius 3 is 2.64 bits per heavy atom. The number of allylic oxidation sites excluding steroid dienone is 2. The fourth-order valence-electron chi connectivity index (χ4n) is 1.13. The molecule has 1 aliphatic rings. The van der Waals surface area contributed by atoms with Crippen LogP contribution >= 0.6 is 54.0 Å². The van der Waals surface area contributed by atoms with Crippen LogP contribution in [-0.2, 0) is 0 Å². The molecule has 0 fully saturated rings. The maximum Gasteiger partial charge on any atom is 0.116 e. The SMILES string of the molecule is CC1=CC(C)C(Br)(Br)P(Br)C1. The van der Waals surface area contributed by atoms with Crippen LogP contribution in [-0.4, -0.2) is 9.14 Å². The van der Waals surface area contributed by atoms with E-state index < -0.39 is 0 Å². The van der Waals surface area contributed by atoms with Gasteiger partial charge in [0.2, 0.25) is 0 Å². The van der Waals surface area contributed by atoms with Gasteiger partial charge < -0.3 is 0 Å². The van der Waals surface area contributed by atoms with Crippen LogP contribution in [0, 0.1) is 5.92 Å². The monoisotopic (exact) mass is 362 g/mol. The summed E-state index contributed by atoms with van der Waals surface area (Å²) in [5, 5.41) is 0. The summed E-state index contributed by atoms with van der Waals surface area (Å²) in [5.74, 6) is 0.557. The van der Waals surface area contributed by atoms with Gasteiger partial charge in [0.1, 0.15) is 2.97 Å². The molecular weight excluding hydrogens is 355 g/mol. The lowest BCUT2D eigenvalue weighted by Gasteiger charge is -2.35. The van der Waals surface area contributed by atoms with Crippen molar-refractivity contribution in [3.63, 3.8) is 0 Å². The number of alkyl halides is 2. The minimum absolute atomic E-state index is 0.106. The average molecular weight is 365 g/mol. The van der Waals surface area contributed by atoms with Crippen molar-refractivity contribution in [2.45, 2.75) is 16.8 Å². The third kappa shape index (κ3) is 2.30. The fraction of sp³-hybridized carbons (Fsp3) is 0.714. The highest BCUT2D eigenvalue weighted by molar-refractivity contribution is 9.44. The molecule has 2 atom stereocenters. The van der Waals surface area contributed by atoms with E-state index in [9.17, 15) is 0 Å². The van der Waals surface area contributed by atoms with Crippen molar-refractivity contribution >= 4 is 54.0 Å². The molecule has 0 N–H and O–H groups in total. The Bertz CT molecular complexity index is 188. The second kappa shape index (κ2) is 3.77. The molecule has 0 saturated carbocycles.